The summed E-state index contributed by atoms with van der Waals surface area (Å²) in [4.78, 5) is 3.64. The average molecular weight is 270 g/mol. The van der Waals surface area contributed by atoms with Gasteiger partial charge < -0.3 is 9.84 Å². The first-order chi connectivity index (χ1) is 7.71. The van der Waals surface area contributed by atoms with Crippen molar-refractivity contribution in [3.8, 4) is 5.88 Å². The van der Waals surface area contributed by atoms with E-state index in [-0.39, 0.29) is 17.0 Å². The summed E-state index contributed by atoms with van der Waals surface area (Å²) in [7, 11) is 0. The zero-order chi connectivity index (χ0) is 13.2. The molecule has 0 spiro atoms. The van der Waals surface area contributed by atoms with Gasteiger partial charge in [0.2, 0.25) is 5.88 Å². The van der Waals surface area contributed by atoms with Crippen LogP contribution in [0.4, 0.5) is 13.2 Å². The van der Waals surface area contributed by atoms with E-state index in [1.807, 2.05) is 0 Å². The van der Waals surface area contributed by atoms with E-state index >= 15 is 0 Å². The molecule has 3 nitrogen and oxygen atoms in total. The highest BCUT2D eigenvalue weighted by Crippen LogP contribution is 2.34. The number of halogens is 4. The SMILES string of the molecule is CC(C)Oc1ncc([C@@H](O)C(F)(F)F)cc1Cl. The van der Waals surface area contributed by atoms with Crippen molar-refractivity contribution in [1.82, 2.24) is 4.98 Å². The normalized spacial score (nSPS) is 13.9. The zero-order valence-electron chi connectivity index (χ0n) is 9.12. The van der Waals surface area contributed by atoms with E-state index in [0.29, 0.717) is 0 Å². The van der Waals surface area contributed by atoms with Crippen molar-refractivity contribution >= 4 is 11.6 Å². The Morgan fingerprint density at radius 3 is 2.41 bits per heavy atom. The van der Waals surface area contributed by atoms with Gasteiger partial charge in [0.05, 0.1) is 6.10 Å². The van der Waals surface area contributed by atoms with Crippen molar-refractivity contribution in [3.63, 3.8) is 0 Å². The van der Waals surface area contributed by atoms with Crippen molar-refractivity contribution in [3.05, 3.63) is 22.8 Å². The molecule has 0 saturated carbocycles. The largest absolute Gasteiger partial charge is 0.474 e. The number of hydrogen-bond acceptors (Lipinski definition) is 3. The Bertz CT molecular complexity index is 396. The molecule has 0 radical (unpaired) electrons. The Morgan fingerprint density at radius 2 is 2.00 bits per heavy atom. The molecule has 0 unspecified atom stereocenters. The van der Waals surface area contributed by atoms with Gasteiger partial charge in [-0.3, -0.25) is 0 Å². The summed E-state index contributed by atoms with van der Waals surface area (Å²) in [6.45, 7) is 3.47. The summed E-state index contributed by atoms with van der Waals surface area (Å²) in [5, 5.41) is 8.92. The molecule has 0 saturated heterocycles. The number of aliphatic hydroxyl groups is 1. The molecule has 96 valence electrons. The Kier molecular flexibility index (Phi) is 4.21. The summed E-state index contributed by atoms with van der Waals surface area (Å²) >= 11 is 5.70. The first-order valence-electron chi connectivity index (χ1n) is 4.78. The van der Waals surface area contributed by atoms with E-state index in [1.165, 1.54) is 0 Å². The average Bonchev–Trinajstić information content (AvgIpc) is 2.18. The molecule has 1 aromatic heterocycles. The van der Waals surface area contributed by atoms with Gasteiger partial charge in [-0.15, -0.1) is 0 Å². The molecule has 17 heavy (non-hydrogen) atoms. The number of nitrogens with zero attached hydrogens (tertiary/aromatic N) is 1. The van der Waals surface area contributed by atoms with Crippen LogP contribution in [0, 0.1) is 0 Å². The van der Waals surface area contributed by atoms with E-state index in [2.05, 4.69) is 4.98 Å². The number of alkyl halides is 3. The summed E-state index contributed by atoms with van der Waals surface area (Å²) in [6.07, 6.45) is -6.65. The van der Waals surface area contributed by atoms with Gasteiger partial charge in [-0.1, -0.05) is 11.6 Å². The van der Waals surface area contributed by atoms with Crippen LogP contribution >= 0.6 is 11.6 Å². The fraction of sp³-hybridized carbons (Fsp3) is 0.500. The summed E-state index contributed by atoms with van der Waals surface area (Å²) in [5.74, 6) is 0.0415. The lowest BCUT2D eigenvalue weighted by molar-refractivity contribution is -0.206. The van der Waals surface area contributed by atoms with E-state index in [0.717, 1.165) is 12.3 Å². The van der Waals surface area contributed by atoms with E-state index < -0.39 is 17.8 Å². The van der Waals surface area contributed by atoms with Crippen LogP contribution in [0.3, 0.4) is 0 Å². The number of pyridine rings is 1. The molecular formula is C10H11ClF3NO2. The molecule has 1 aromatic rings. The summed E-state index contributed by atoms with van der Waals surface area (Å²) < 4.78 is 41.8. The minimum Gasteiger partial charge on any atom is -0.474 e. The van der Waals surface area contributed by atoms with E-state index in [9.17, 15) is 13.2 Å². The second-order valence-corrected chi connectivity index (χ2v) is 4.07. The van der Waals surface area contributed by atoms with Crippen molar-refractivity contribution in [1.29, 1.82) is 0 Å². The highest BCUT2D eigenvalue weighted by molar-refractivity contribution is 6.31. The van der Waals surface area contributed by atoms with E-state index in [4.69, 9.17) is 21.4 Å². The van der Waals surface area contributed by atoms with Crippen molar-refractivity contribution < 1.29 is 23.0 Å². The van der Waals surface area contributed by atoms with Gasteiger partial charge >= 0.3 is 6.18 Å². The van der Waals surface area contributed by atoms with Crippen LogP contribution in [0.5, 0.6) is 5.88 Å². The standard InChI is InChI=1S/C10H11ClF3NO2/c1-5(2)17-9-7(11)3-6(4-15-9)8(16)10(12,13)14/h3-5,8,16H,1-2H3/t8-/m1/s1. The van der Waals surface area contributed by atoms with Crippen molar-refractivity contribution in [2.75, 3.05) is 0 Å². The fourth-order valence-corrected chi connectivity index (χ4v) is 1.31. The van der Waals surface area contributed by atoms with Gasteiger partial charge in [0.25, 0.3) is 0 Å². The third-order valence-electron chi connectivity index (χ3n) is 1.80. The maximum absolute atomic E-state index is 12.2. The fourth-order valence-electron chi connectivity index (χ4n) is 1.09. The van der Waals surface area contributed by atoms with Gasteiger partial charge in [0.15, 0.2) is 6.10 Å². The lowest BCUT2D eigenvalue weighted by Crippen LogP contribution is -2.20. The van der Waals surface area contributed by atoms with Gasteiger partial charge in [-0.05, 0) is 19.9 Å². The Hall–Kier alpha value is -1.01. The number of aliphatic hydroxyl groups excluding tert-OH is 1. The minimum atomic E-state index is -4.74. The maximum atomic E-state index is 12.2. The Balaban J connectivity index is 2.96. The Morgan fingerprint density at radius 1 is 1.41 bits per heavy atom. The predicted octanol–water partition coefficient (Wildman–Crippen LogP) is 3.12. The predicted molar refractivity (Wildman–Crippen MR) is 56.0 cm³/mol. The lowest BCUT2D eigenvalue weighted by atomic mass is 10.1. The van der Waals surface area contributed by atoms with Gasteiger partial charge in [0, 0.05) is 11.8 Å². The molecule has 1 rings (SSSR count). The molecule has 1 heterocycles. The lowest BCUT2D eigenvalue weighted by Gasteiger charge is -2.16. The minimum absolute atomic E-state index is 0.0415. The summed E-state index contributed by atoms with van der Waals surface area (Å²) in [5.41, 5.74) is -0.418. The second-order valence-electron chi connectivity index (χ2n) is 3.67. The molecule has 0 aromatic carbocycles. The van der Waals surface area contributed by atoms with Crippen LogP contribution in [0.25, 0.3) is 0 Å². The summed E-state index contributed by atoms with van der Waals surface area (Å²) in [6, 6.07) is 0.991. The highest BCUT2D eigenvalue weighted by atomic mass is 35.5. The Labute approximate surface area is 101 Å². The van der Waals surface area contributed by atoms with Crippen LogP contribution in [0.15, 0.2) is 12.3 Å². The highest BCUT2D eigenvalue weighted by Gasteiger charge is 2.39. The molecule has 0 bridgehead atoms. The molecule has 0 fully saturated rings. The third-order valence-corrected chi connectivity index (χ3v) is 2.07. The third kappa shape index (κ3) is 3.74. The van der Waals surface area contributed by atoms with Crippen molar-refractivity contribution in [2.45, 2.75) is 32.2 Å². The molecular weight excluding hydrogens is 259 g/mol. The van der Waals surface area contributed by atoms with Crippen LogP contribution in [0.1, 0.15) is 25.5 Å². The van der Waals surface area contributed by atoms with Crippen LogP contribution < -0.4 is 4.74 Å². The molecule has 7 heteroatoms. The molecule has 0 aliphatic heterocycles. The monoisotopic (exact) mass is 269 g/mol. The number of aromatic nitrogens is 1. The van der Waals surface area contributed by atoms with Gasteiger partial charge in [-0.25, -0.2) is 4.98 Å². The second kappa shape index (κ2) is 5.10. The van der Waals surface area contributed by atoms with Crippen LogP contribution in [-0.4, -0.2) is 22.4 Å². The van der Waals surface area contributed by atoms with Gasteiger partial charge in [0.1, 0.15) is 5.02 Å². The molecule has 0 aliphatic carbocycles. The molecule has 1 N–H and O–H groups in total. The maximum Gasteiger partial charge on any atom is 0.418 e. The number of ether oxygens (including phenoxy) is 1. The van der Waals surface area contributed by atoms with Gasteiger partial charge in [-0.2, -0.15) is 13.2 Å². The van der Waals surface area contributed by atoms with Crippen molar-refractivity contribution in [2.24, 2.45) is 0 Å². The van der Waals surface area contributed by atoms with Crippen LogP contribution in [-0.2, 0) is 0 Å². The first-order valence-corrected chi connectivity index (χ1v) is 5.16. The van der Waals surface area contributed by atoms with E-state index in [1.54, 1.807) is 13.8 Å². The van der Waals surface area contributed by atoms with Crippen LogP contribution in [0.2, 0.25) is 5.02 Å². The quantitative estimate of drug-likeness (QED) is 0.917. The topological polar surface area (TPSA) is 42.4 Å². The molecule has 0 amide bonds. The molecule has 1 atom stereocenters. The number of rotatable bonds is 3. The molecule has 0 aliphatic rings. The zero-order valence-corrected chi connectivity index (χ0v) is 9.88. The number of hydrogen-bond donors (Lipinski definition) is 1. The smallest absolute Gasteiger partial charge is 0.418 e. The first kappa shape index (κ1) is 14.1.